The van der Waals surface area contributed by atoms with Gasteiger partial charge in [-0.3, -0.25) is 4.79 Å². The van der Waals surface area contributed by atoms with Gasteiger partial charge >= 0.3 is 0 Å². The minimum Gasteiger partial charge on any atom is -0.384 e. The van der Waals surface area contributed by atoms with Gasteiger partial charge in [-0.1, -0.05) is 5.57 Å². The summed E-state index contributed by atoms with van der Waals surface area (Å²) in [6.45, 7) is 0. The molecule has 0 amide bonds. The summed E-state index contributed by atoms with van der Waals surface area (Å²) in [4.78, 5) is 15.2. The van der Waals surface area contributed by atoms with Gasteiger partial charge in [0, 0.05) is 12.6 Å². The summed E-state index contributed by atoms with van der Waals surface area (Å²) in [5.74, 6) is 0.786. The fourth-order valence-corrected chi connectivity index (χ4v) is 1.87. The second-order valence-corrected chi connectivity index (χ2v) is 3.89. The summed E-state index contributed by atoms with van der Waals surface area (Å²) in [5.41, 5.74) is 7.93. The Labute approximate surface area is 89.0 Å². The summed E-state index contributed by atoms with van der Waals surface area (Å²) in [6, 6.07) is 3.80. The van der Waals surface area contributed by atoms with Crippen LogP contribution in [0.3, 0.4) is 0 Å². The number of carbonyl (C=O) groups excluding carboxylic acids is 1. The van der Waals surface area contributed by atoms with E-state index in [4.69, 9.17) is 5.73 Å². The van der Waals surface area contributed by atoms with Crippen molar-refractivity contribution in [2.45, 2.75) is 25.7 Å². The Morgan fingerprint density at radius 3 is 3.00 bits per heavy atom. The first kappa shape index (κ1) is 9.90. The van der Waals surface area contributed by atoms with E-state index in [0.29, 0.717) is 12.2 Å². The second-order valence-electron chi connectivity index (χ2n) is 3.89. The molecular formula is C12H14N2O. The van der Waals surface area contributed by atoms with Crippen LogP contribution in [0.2, 0.25) is 0 Å². The number of pyridine rings is 1. The number of hydrogen-bond acceptors (Lipinski definition) is 3. The molecule has 1 aliphatic rings. The van der Waals surface area contributed by atoms with Crippen molar-refractivity contribution in [1.82, 2.24) is 4.98 Å². The van der Waals surface area contributed by atoms with Crippen molar-refractivity contribution < 1.29 is 4.79 Å². The van der Waals surface area contributed by atoms with E-state index in [9.17, 15) is 4.79 Å². The van der Waals surface area contributed by atoms with E-state index in [0.717, 1.165) is 24.8 Å². The molecule has 1 aromatic rings. The average molecular weight is 202 g/mol. The summed E-state index contributed by atoms with van der Waals surface area (Å²) in [5, 5.41) is 0. The number of hydrogen-bond donors (Lipinski definition) is 1. The highest BCUT2D eigenvalue weighted by Crippen LogP contribution is 2.19. The summed E-state index contributed by atoms with van der Waals surface area (Å²) >= 11 is 0. The summed E-state index contributed by atoms with van der Waals surface area (Å²) < 4.78 is 0. The van der Waals surface area contributed by atoms with E-state index in [1.807, 2.05) is 12.1 Å². The minimum atomic E-state index is 0.248. The van der Waals surface area contributed by atoms with Crippen LogP contribution in [-0.4, -0.2) is 10.8 Å². The van der Waals surface area contributed by atoms with E-state index in [1.54, 1.807) is 12.3 Å². The molecule has 0 radical (unpaired) electrons. The maximum absolute atomic E-state index is 11.2. The van der Waals surface area contributed by atoms with Crippen molar-refractivity contribution >= 4 is 11.6 Å². The number of allylic oxidation sites excluding steroid dienone is 2. The number of ketones is 1. The quantitative estimate of drug-likeness (QED) is 0.796. The van der Waals surface area contributed by atoms with E-state index < -0.39 is 0 Å². The molecule has 1 heterocycles. The number of nitrogens with two attached hydrogens (primary N) is 1. The molecule has 3 heteroatoms. The van der Waals surface area contributed by atoms with Crippen molar-refractivity contribution in [3.63, 3.8) is 0 Å². The molecule has 78 valence electrons. The first-order valence-electron chi connectivity index (χ1n) is 5.17. The molecule has 0 saturated heterocycles. The van der Waals surface area contributed by atoms with Crippen molar-refractivity contribution in [2.75, 3.05) is 5.73 Å². The molecule has 2 N–H and O–H groups in total. The molecule has 3 nitrogen and oxygen atoms in total. The van der Waals surface area contributed by atoms with Crippen LogP contribution in [0.15, 0.2) is 30.0 Å². The van der Waals surface area contributed by atoms with Gasteiger partial charge in [0.2, 0.25) is 0 Å². The third-order valence-corrected chi connectivity index (χ3v) is 2.56. The lowest BCUT2D eigenvalue weighted by Crippen LogP contribution is -2.04. The number of aromatic nitrogens is 1. The van der Waals surface area contributed by atoms with Crippen molar-refractivity contribution in [3.8, 4) is 0 Å². The normalized spacial score (nSPS) is 16.3. The molecule has 1 aromatic heterocycles. The zero-order chi connectivity index (χ0) is 10.7. The van der Waals surface area contributed by atoms with Crippen LogP contribution in [-0.2, 0) is 11.2 Å². The van der Waals surface area contributed by atoms with Crippen LogP contribution < -0.4 is 5.73 Å². The van der Waals surface area contributed by atoms with Gasteiger partial charge in [-0.05, 0) is 43.0 Å². The fourth-order valence-electron chi connectivity index (χ4n) is 1.87. The summed E-state index contributed by atoms with van der Waals surface area (Å²) in [7, 11) is 0. The monoisotopic (exact) mass is 202 g/mol. The fraction of sp³-hybridized carbons (Fsp3) is 0.333. The van der Waals surface area contributed by atoms with Gasteiger partial charge in [0.25, 0.3) is 0 Å². The lowest BCUT2D eigenvalue weighted by Gasteiger charge is -2.11. The maximum atomic E-state index is 11.2. The molecule has 0 aliphatic heterocycles. The number of carbonyl (C=O) groups is 1. The van der Waals surface area contributed by atoms with Gasteiger partial charge in [0.15, 0.2) is 5.78 Å². The predicted molar refractivity (Wildman–Crippen MR) is 59.3 cm³/mol. The molecule has 15 heavy (non-hydrogen) atoms. The molecule has 0 bridgehead atoms. The number of rotatable bonds is 2. The molecule has 0 aromatic carbocycles. The Bertz CT molecular complexity index is 410. The average Bonchev–Trinajstić information content (AvgIpc) is 2.17. The van der Waals surface area contributed by atoms with Gasteiger partial charge in [0.1, 0.15) is 5.82 Å². The Hall–Kier alpha value is -1.64. The lowest BCUT2D eigenvalue weighted by molar-refractivity contribution is -0.115. The molecule has 1 aliphatic carbocycles. The van der Waals surface area contributed by atoms with Crippen LogP contribution in [0.25, 0.3) is 0 Å². The molecule has 0 atom stereocenters. The lowest BCUT2D eigenvalue weighted by atomic mass is 9.94. The zero-order valence-corrected chi connectivity index (χ0v) is 8.57. The van der Waals surface area contributed by atoms with Crippen LogP contribution in [0, 0.1) is 0 Å². The van der Waals surface area contributed by atoms with Gasteiger partial charge < -0.3 is 5.73 Å². The molecule has 0 saturated carbocycles. The molecule has 0 fully saturated rings. The molecule has 2 rings (SSSR count). The zero-order valence-electron chi connectivity index (χ0n) is 8.57. The standard InChI is InChI=1S/C12H14N2O/c13-12-8-10(4-5-14-12)6-9-2-1-3-11(15)7-9/h4-5,7-8H,1-3,6H2,(H2,13,14). The Morgan fingerprint density at radius 1 is 1.40 bits per heavy atom. The number of anilines is 1. The first-order valence-corrected chi connectivity index (χ1v) is 5.17. The van der Waals surface area contributed by atoms with Crippen LogP contribution in [0.4, 0.5) is 5.82 Å². The molecule has 0 spiro atoms. The Kier molecular flexibility index (Phi) is 2.81. The van der Waals surface area contributed by atoms with E-state index in [1.165, 1.54) is 5.57 Å². The van der Waals surface area contributed by atoms with Crippen molar-refractivity contribution in [2.24, 2.45) is 0 Å². The number of nitrogens with zero attached hydrogens (tertiary/aromatic N) is 1. The van der Waals surface area contributed by atoms with Gasteiger partial charge in [-0.25, -0.2) is 4.98 Å². The summed E-state index contributed by atoms with van der Waals surface area (Å²) in [6.07, 6.45) is 7.00. The Balaban J connectivity index is 2.11. The van der Waals surface area contributed by atoms with Gasteiger partial charge in [0.05, 0.1) is 0 Å². The SMILES string of the molecule is Nc1cc(CC2=CC(=O)CCC2)ccn1. The van der Waals surface area contributed by atoms with Crippen molar-refractivity contribution in [1.29, 1.82) is 0 Å². The third-order valence-electron chi connectivity index (χ3n) is 2.56. The van der Waals surface area contributed by atoms with Crippen LogP contribution in [0.1, 0.15) is 24.8 Å². The minimum absolute atomic E-state index is 0.248. The third kappa shape index (κ3) is 2.65. The second kappa shape index (κ2) is 4.26. The highest BCUT2D eigenvalue weighted by atomic mass is 16.1. The van der Waals surface area contributed by atoms with Gasteiger partial charge in [-0.15, -0.1) is 0 Å². The highest BCUT2D eigenvalue weighted by molar-refractivity contribution is 5.91. The van der Waals surface area contributed by atoms with E-state index in [2.05, 4.69) is 4.98 Å². The first-order chi connectivity index (χ1) is 7.24. The van der Waals surface area contributed by atoms with E-state index >= 15 is 0 Å². The molecule has 0 unspecified atom stereocenters. The maximum Gasteiger partial charge on any atom is 0.155 e. The molecular weight excluding hydrogens is 188 g/mol. The van der Waals surface area contributed by atoms with Crippen LogP contribution in [0.5, 0.6) is 0 Å². The highest BCUT2D eigenvalue weighted by Gasteiger charge is 2.10. The topological polar surface area (TPSA) is 56.0 Å². The number of nitrogen functional groups attached to an aromatic ring is 1. The van der Waals surface area contributed by atoms with E-state index in [-0.39, 0.29) is 5.78 Å². The van der Waals surface area contributed by atoms with Gasteiger partial charge in [-0.2, -0.15) is 0 Å². The predicted octanol–water partition coefficient (Wildman–Crippen LogP) is 1.89. The smallest absolute Gasteiger partial charge is 0.155 e. The van der Waals surface area contributed by atoms with Crippen LogP contribution >= 0.6 is 0 Å². The van der Waals surface area contributed by atoms with Crippen molar-refractivity contribution in [3.05, 3.63) is 35.5 Å². The largest absolute Gasteiger partial charge is 0.384 e. The Morgan fingerprint density at radius 2 is 2.27 bits per heavy atom.